The Morgan fingerprint density at radius 3 is 2.79 bits per heavy atom. The van der Waals surface area contributed by atoms with Gasteiger partial charge in [-0.3, -0.25) is 0 Å². The van der Waals surface area contributed by atoms with Gasteiger partial charge in [0.15, 0.2) is 10.8 Å². The Kier molecular flexibility index (Phi) is 4.01. The Bertz CT molecular complexity index is 581. The minimum absolute atomic E-state index is 0.317. The number of para-hydroxylation sites is 2. The van der Waals surface area contributed by atoms with Crippen molar-refractivity contribution < 1.29 is 9.53 Å². The fourth-order valence-corrected chi connectivity index (χ4v) is 2.31. The van der Waals surface area contributed by atoms with Gasteiger partial charge >= 0.3 is 5.97 Å². The van der Waals surface area contributed by atoms with Crippen LogP contribution in [0, 0.1) is 0 Å². The van der Waals surface area contributed by atoms with Crippen LogP contribution in [-0.4, -0.2) is 32.2 Å². The van der Waals surface area contributed by atoms with Crippen LogP contribution in [0.15, 0.2) is 29.6 Å². The fraction of sp³-hybridized carbons (Fsp3) is 0.231. The highest BCUT2D eigenvalue weighted by Crippen LogP contribution is 2.28. The molecule has 0 aliphatic heterocycles. The van der Waals surface area contributed by atoms with E-state index in [1.807, 2.05) is 43.3 Å². The number of rotatable bonds is 4. The van der Waals surface area contributed by atoms with Crippen molar-refractivity contribution in [2.24, 2.45) is 0 Å². The van der Waals surface area contributed by atoms with E-state index in [0.717, 1.165) is 11.4 Å². The molecule has 0 aliphatic rings. The molecule has 0 atom stereocenters. The summed E-state index contributed by atoms with van der Waals surface area (Å²) in [7, 11) is 5.29. The molecule has 0 aliphatic carbocycles. The number of anilines is 3. The van der Waals surface area contributed by atoms with Crippen LogP contribution in [0.25, 0.3) is 0 Å². The Balaban J connectivity index is 2.22. The molecule has 100 valence electrons. The zero-order valence-corrected chi connectivity index (χ0v) is 11.8. The van der Waals surface area contributed by atoms with E-state index in [1.54, 1.807) is 5.38 Å². The smallest absolute Gasteiger partial charge is 0.357 e. The first-order valence-electron chi connectivity index (χ1n) is 5.69. The third-order valence-corrected chi connectivity index (χ3v) is 3.28. The minimum Gasteiger partial charge on any atom is -0.464 e. The van der Waals surface area contributed by atoms with Crippen molar-refractivity contribution in [2.45, 2.75) is 0 Å². The van der Waals surface area contributed by atoms with Crippen LogP contribution < -0.4 is 10.2 Å². The number of thiazole rings is 1. The number of benzene rings is 1. The molecule has 1 N–H and O–H groups in total. The van der Waals surface area contributed by atoms with Gasteiger partial charge in [-0.15, -0.1) is 11.3 Å². The molecule has 1 aromatic heterocycles. The van der Waals surface area contributed by atoms with E-state index in [0.29, 0.717) is 10.8 Å². The maximum atomic E-state index is 11.3. The number of nitrogens with one attached hydrogen (secondary N) is 1. The number of aromatic nitrogens is 1. The van der Waals surface area contributed by atoms with Crippen LogP contribution in [0.2, 0.25) is 0 Å². The van der Waals surface area contributed by atoms with Crippen LogP contribution in [0.1, 0.15) is 10.5 Å². The van der Waals surface area contributed by atoms with E-state index in [2.05, 4.69) is 15.0 Å². The monoisotopic (exact) mass is 277 g/mol. The number of esters is 1. The molecule has 0 amide bonds. The Hall–Kier alpha value is -2.08. The molecular weight excluding hydrogens is 262 g/mol. The zero-order chi connectivity index (χ0) is 13.8. The number of carbonyl (C=O) groups excluding carboxylic acids is 1. The molecule has 1 heterocycles. The van der Waals surface area contributed by atoms with Gasteiger partial charge in [-0.1, -0.05) is 12.1 Å². The van der Waals surface area contributed by atoms with Gasteiger partial charge in [0.2, 0.25) is 0 Å². The number of carbonyl (C=O) groups is 1. The highest BCUT2D eigenvalue weighted by molar-refractivity contribution is 7.14. The highest BCUT2D eigenvalue weighted by Gasteiger charge is 2.11. The van der Waals surface area contributed by atoms with Gasteiger partial charge in [-0.25, -0.2) is 9.78 Å². The van der Waals surface area contributed by atoms with Crippen molar-refractivity contribution >= 4 is 33.8 Å². The lowest BCUT2D eigenvalue weighted by atomic mass is 10.2. The van der Waals surface area contributed by atoms with E-state index in [1.165, 1.54) is 18.4 Å². The van der Waals surface area contributed by atoms with E-state index in [-0.39, 0.29) is 0 Å². The molecule has 2 rings (SSSR count). The zero-order valence-electron chi connectivity index (χ0n) is 11.0. The Labute approximate surface area is 115 Å². The molecule has 0 unspecified atom stereocenters. The van der Waals surface area contributed by atoms with Crippen molar-refractivity contribution in [1.82, 2.24) is 4.98 Å². The standard InChI is InChI=1S/C13H15N3O2S/c1-16(2)11-7-5-4-6-9(11)14-13-15-10(8-19-13)12(17)18-3/h4-8H,1-3H3,(H,14,15). The first kappa shape index (κ1) is 13.4. The van der Waals surface area contributed by atoms with Gasteiger partial charge < -0.3 is 15.0 Å². The lowest BCUT2D eigenvalue weighted by molar-refractivity contribution is 0.0595. The Morgan fingerprint density at radius 1 is 1.37 bits per heavy atom. The second-order valence-corrected chi connectivity index (χ2v) is 4.92. The average Bonchev–Trinajstić information content (AvgIpc) is 2.86. The predicted octanol–water partition coefficient (Wildman–Crippen LogP) is 2.74. The van der Waals surface area contributed by atoms with Crippen LogP contribution in [0.3, 0.4) is 0 Å². The summed E-state index contributed by atoms with van der Waals surface area (Å²) in [5, 5.41) is 5.55. The first-order valence-corrected chi connectivity index (χ1v) is 6.57. The highest BCUT2D eigenvalue weighted by atomic mass is 32.1. The largest absolute Gasteiger partial charge is 0.464 e. The molecule has 0 saturated carbocycles. The van der Waals surface area contributed by atoms with Gasteiger partial charge in [0.05, 0.1) is 18.5 Å². The van der Waals surface area contributed by atoms with Crippen molar-refractivity contribution in [2.75, 3.05) is 31.4 Å². The fourth-order valence-electron chi connectivity index (χ4n) is 1.61. The summed E-state index contributed by atoms with van der Waals surface area (Å²) >= 11 is 1.37. The third kappa shape index (κ3) is 3.03. The Morgan fingerprint density at radius 2 is 2.11 bits per heavy atom. The normalized spacial score (nSPS) is 10.1. The molecule has 0 saturated heterocycles. The van der Waals surface area contributed by atoms with Gasteiger partial charge in [-0.2, -0.15) is 0 Å². The van der Waals surface area contributed by atoms with E-state index in [4.69, 9.17) is 0 Å². The molecule has 5 nitrogen and oxygen atoms in total. The predicted molar refractivity (Wildman–Crippen MR) is 77.5 cm³/mol. The third-order valence-electron chi connectivity index (χ3n) is 2.53. The van der Waals surface area contributed by atoms with Gasteiger partial charge in [-0.05, 0) is 12.1 Å². The van der Waals surface area contributed by atoms with Crippen molar-refractivity contribution in [3.63, 3.8) is 0 Å². The van der Waals surface area contributed by atoms with Crippen molar-refractivity contribution in [1.29, 1.82) is 0 Å². The minimum atomic E-state index is -0.426. The van der Waals surface area contributed by atoms with Gasteiger partial charge in [0.25, 0.3) is 0 Å². The number of methoxy groups -OCH3 is 1. The van der Waals surface area contributed by atoms with E-state index < -0.39 is 5.97 Å². The SMILES string of the molecule is COC(=O)c1csc(Nc2ccccc2N(C)C)n1. The van der Waals surface area contributed by atoms with Crippen LogP contribution in [-0.2, 0) is 4.74 Å². The van der Waals surface area contributed by atoms with Crippen LogP contribution in [0.5, 0.6) is 0 Å². The summed E-state index contributed by atoms with van der Waals surface area (Å²) in [6, 6.07) is 7.90. The topological polar surface area (TPSA) is 54.5 Å². The summed E-state index contributed by atoms with van der Waals surface area (Å²) in [4.78, 5) is 17.5. The van der Waals surface area contributed by atoms with Gasteiger partial charge in [0.1, 0.15) is 0 Å². The number of hydrogen-bond acceptors (Lipinski definition) is 6. The number of ether oxygens (including phenoxy) is 1. The maximum absolute atomic E-state index is 11.3. The van der Waals surface area contributed by atoms with E-state index >= 15 is 0 Å². The van der Waals surface area contributed by atoms with E-state index in [9.17, 15) is 4.79 Å². The van der Waals surface area contributed by atoms with Crippen LogP contribution >= 0.6 is 11.3 Å². The molecule has 19 heavy (non-hydrogen) atoms. The van der Waals surface area contributed by atoms with Crippen LogP contribution in [0.4, 0.5) is 16.5 Å². The summed E-state index contributed by atoms with van der Waals surface area (Å²) in [6.45, 7) is 0. The van der Waals surface area contributed by atoms with Crippen molar-refractivity contribution in [3.05, 3.63) is 35.3 Å². The summed E-state index contributed by atoms with van der Waals surface area (Å²) in [6.07, 6.45) is 0. The number of hydrogen-bond donors (Lipinski definition) is 1. The summed E-state index contributed by atoms with van der Waals surface area (Å²) in [5.74, 6) is -0.426. The van der Waals surface area contributed by atoms with Crippen molar-refractivity contribution in [3.8, 4) is 0 Å². The molecule has 0 spiro atoms. The molecule has 2 aromatic rings. The maximum Gasteiger partial charge on any atom is 0.357 e. The molecule has 6 heteroatoms. The summed E-state index contributed by atoms with van der Waals surface area (Å²) in [5.41, 5.74) is 2.31. The quantitative estimate of drug-likeness (QED) is 0.871. The van der Waals surface area contributed by atoms with Gasteiger partial charge in [0, 0.05) is 19.5 Å². The summed E-state index contributed by atoms with van der Waals surface area (Å²) < 4.78 is 4.63. The average molecular weight is 277 g/mol. The lowest BCUT2D eigenvalue weighted by Crippen LogP contribution is -2.10. The molecule has 0 bridgehead atoms. The molecule has 0 radical (unpaired) electrons. The second-order valence-electron chi connectivity index (χ2n) is 4.07. The molecular formula is C13H15N3O2S. The lowest BCUT2D eigenvalue weighted by Gasteiger charge is -2.17. The molecule has 1 aromatic carbocycles. The number of nitrogens with zero attached hydrogens (tertiary/aromatic N) is 2. The second kappa shape index (κ2) is 5.71. The molecule has 0 fully saturated rings. The first-order chi connectivity index (χ1) is 9.11.